The Labute approximate surface area is 261 Å². The van der Waals surface area contributed by atoms with Gasteiger partial charge in [0.2, 0.25) is 0 Å². The maximum atomic E-state index is 12.9. The van der Waals surface area contributed by atoms with E-state index in [4.69, 9.17) is 38.2 Å². The zero-order chi connectivity index (χ0) is 32.0. The Hall–Kier alpha value is -3.26. The zero-order valence-corrected chi connectivity index (χ0v) is 25.2. The molecule has 0 saturated heterocycles. The van der Waals surface area contributed by atoms with Crippen molar-refractivity contribution >= 4 is 67.0 Å². The summed E-state index contributed by atoms with van der Waals surface area (Å²) in [6, 6.07) is 14.9. The van der Waals surface area contributed by atoms with Gasteiger partial charge in [-0.1, -0.05) is 31.9 Å². The second-order valence-electron chi connectivity index (χ2n) is 7.23. The quantitative estimate of drug-likeness (QED) is 0.0715. The summed E-state index contributed by atoms with van der Waals surface area (Å²) in [5.74, 6) is -11.5. The van der Waals surface area contributed by atoms with Crippen molar-refractivity contribution in [3.63, 3.8) is 0 Å². The molecule has 0 amide bonds. The first-order valence-corrected chi connectivity index (χ1v) is 13.4. The second-order valence-corrected chi connectivity index (χ2v) is 9.87. The molecular formula is C27H16Br2Cl2F6O5. The third-order valence-corrected chi connectivity index (χ3v) is 5.36. The van der Waals surface area contributed by atoms with Gasteiger partial charge in [0.1, 0.15) is 11.5 Å². The predicted octanol–water partition coefficient (Wildman–Crippen LogP) is 9.46. The number of carbonyl (C=O) groups is 2. The van der Waals surface area contributed by atoms with E-state index in [0.29, 0.717) is 29.8 Å². The highest BCUT2D eigenvalue weighted by Crippen LogP contribution is 2.21. The van der Waals surface area contributed by atoms with Crippen LogP contribution in [-0.2, 0) is 0 Å². The third kappa shape index (κ3) is 12.7. The number of aromatic carboxylic acids is 1. The Bertz CT molecular complexity index is 1450. The number of carbonyl (C=O) groups excluding carboxylic acids is 1. The first-order valence-electron chi connectivity index (χ1n) is 10.8. The first kappa shape index (κ1) is 36.8. The largest absolute Gasteiger partial charge is 0.508 e. The van der Waals surface area contributed by atoms with Crippen LogP contribution in [0.25, 0.3) is 0 Å². The van der Waals surface area contributed by atoms with Crippen molar-refractivity contribution in [3.05, 3.63) is 128 Å². The minimum atomic E-state index is -1.61. The molecule has 0 spiro atoms. The van der Waals surface area contributed by atoms with E-state index in [1.54, 1.807) is 36.4 Å². The van der Waals surface area contributed by atoms with Crippen molar-refractivity contribution in [1.82, 2.24) is 0 Å². The van der Waals surface area contributed by atoms with Gasteiger partial charge in [-0.05, 0) is 48.5 Å². The molecule has 0 aliphatic carbocycles. The zero-order valence-electron chi connectivity index (χ0n) is 20.5. The summed E-state index contributed by atoms with van der Waals surface area (Å²) in [5, 5.41) is 17.1. The molecule has 2 N–H and O–H groups in total. The molecule has 4 rings (SSSR count). The van der Waals surface area contributed by atoms with Crippen LogP contribution in [0, 0.1) is 34.9 Å². The van der Waals surface area contributed by atoms with Crippen LogP contribution in [0.2, 0.25) is 0 Å². The highest BCUT2D eigenvalue weighted by Gasteiger charge is 2.15. The molecule has 4 aromatic rings. The van der Waals surface area contributed by atoms with Crippen molar-refractivity contribution in [2.45, 2.75) is 0 Å². The molecule has 4 aromatic carbocycles. The fraction of sp³-hybridized carbons (Fsp3) is 0.0370. The SMILES string of the molecule is ClCCl.O=C(O)c1ccc(Br)cc1.O=C(Oc1cc(F)c(F)c(F)c1)c1ccc(Br)cc1.Oc1cc(F)c(F)c(F)c1. The second kappa shape index (κ2) is 18.3. The van der Waals surface area contributed by atoms with E-state index in [1.165, 1.54) is 12.1 Å². The number of rotatable bonds is 3. The van der Waals surface area contributed by atoms with E-state index in [0.717, 1.165) is 8.95 Å². The number of hydrogen-bond donors (Lipinski definition) is 2. The van der Waals surface area contributed by atoms with Gasteiger partial charge in [0.05, 0.1) is 16.5 Å². The van der Waals surface area contributed by atoms with Gasteiger partial charge in [0.25, 0.3) is 0 Å². The van der Waals surface area contributed by atoms with Crippen molar-refractivity contribution in [3.8, 4) is 11.5 Å². The number of ether oxygens (including phenoxy) is 1. The number of halogens is 10. The lowest BCUT2D eigenvalue weighted by atomic mass is 10.2. The van der Waals surface area contributed by atoms with Crippen molar-refractivity contribution < 1.29 is 50.9 Å². The lowest BCUT2D eigenvalue weighted by Gasteiger charge is -2.05. The van der Waals surface area contributed by atoms with E-state index in [1.807, 2.05) is 0 Å². The topological polar surface area (TPSA) is 83.8 Å². The van der Waals surface area contributed by atoms with Crippen molar-refractivity contribution in [2.75, 3.05) is 5.34 Å². The summed E-state index contributed by atoms with van der Waals surface area (Å²) in [6.45, 7) is 0. The van der Waals surface area contributed by atoms with E-state index in [2.05, 4.69) is 31.9 Å². The molecule has 0 fully saturated rings. The average molecular weight is 765 g/mol. The van der Waals surface area contributed by atoms with Crippen LogP contribution < -0.4 is 4.74 Å². The fourth-order valence-corrected chi connectivity index (χ4v) is 3.01. The van der Waals surface area contributed by atoms with Crippen LogP contribution >= 0.6 is 55.1 Å². The molecule has 42 heavy (non-hydrogen) atoms. The molecule has 0 unspecified atom stereocenters. The fourth-order valence-electron chi connectivity index (χ4n) is 2.48. The number of phenolic OH excluding ortho intramolecular Hbond substituents is 1. The summed E-state index contributed by atoms with van der Waals surface area (Å²) in [5.41, 5.74) is 0.511. The van der Waals surface area contributed by atoms with Gasteiger partial charge >= 0.3 is 11.9 Å². The van der Waals surface area contributed by atoms with Gasteiger partial charge in [-0.15, -0.1) is 23.2 Å². The third-order valence-electron chi connectivity index (χ3n) is 4.31. The predicted molar refractivity (Wildman–Crippen MR) is 151 cm³/mol. The molecule has 0 radical (unpaired) electrons. The molecule has 224 valence electrons. The van der Waals surface area contributed by atoms with Gasteiger partial charge < -0.3 is 14.9 Å². The minimum absolute atomic E-state index is 0.194. The molecule has 15 heteroatoms. The highest BCUT2D eigenvalue weighted by molar-refractivity contribution is 9.10. The van der Waals surface area contributed by atoms with Crippen LogP contribution in [0.1, 0.15) is 20.7 Å². The lowest BCUT2D eigenvalue weighted by Crippen LogP contribution is -2.09. The van der Waals surface area contributed by atoms with E-state index in [-0.39, 0.29) is 10.9 Å². The Morgan fingerprint density at radius 3 is 1.36 bits per heavy atom. The molecule has 0 aliphatic heterocycles. The average Bonchev–Trinajstić information content (AvgIpc) is 2.92. The maximum absolute atomic E-state index is 12.9. The van der Waals surface area contributed by atoms with Gasteiger partial charge in [0, 0.05) is 33.2 Å². The number of phenols is 1. The molecule has 0 heterocycles. The minimum Gasteiger partial charge on any atom is -0.508 e. The Morgan fingerprint density at radius 1 is 0.667 bits per heavy atom. The van der Waals surface area contributed by atoms with E-state index < -0.39 is 58.3 Å². The Kier molecular flexibility index (Phi) is 16.0. The number of alkyl halides is 2. The van der Waals surface area contributed by atoms with Crippen LogP contribution in [0.4, 0.5) is 26.3 Å². The monoisotopic (exact) mass is 762 g/mol. The number of carboxylic acids is 1. The number of carboxylic acid groups (broad SMARTS) is 1. The van der Waals surface area contributed by atoms with Crippen molar-refractivity contribution in [2.24, 2.45) is 0 Å². The van der Waals surface area contributed by atoms with E-state index in [9.17, 15) is 35.9 Å². The van der Waals surface area contributed by atoms with Crippen molar-refractivity contribution in [1.29, 1.82) is 0 Å². The number of benzene rings is 4. The summed E-state index contributed by atoms with van der Waals surface area (Å²) < 4.78 is 81.2. The van der Waals surface area contributed by atoms with E-state index >= 15 is 0 Å². The summed E-state index contributed by atoms with van der Waals surface area (Å²) in [7, 11) is 0. The van der Waals surface area contributed by atoms with Crippen LogP contribution in [0.3, 0.4) is 0 Å². The number of aromatic hydroxyl groups is 1. The van der Waals surface area contributed by atoms with Gasteiger partial charge in [-0.25, -0.2) is 35.9 Å². The van der Waals surface area contributed by atoms with Crippen LogP contribution in [0.15, 0.2) is 81.7 Å². The van der Waals surface area contributed by atoms with Crippen LogP contribution in [-0.4, -0.2) is 27.5 Å². The van der Waals surface area contributed by atoms with Crippen LogP contribution in [0.5, 0.6) is 11.5 Å². The summed E-state index contributed by atoms with van der Waals surface area (Å²) in [4.78, 5) is 22.0. The highest BCUT2D eigenvalue weighted by atomic mass is 79.9. The standard InChI is InChI=1S/C13H6BrF3O2.C7H5BrO2.C6H3F3O.CH2Cl2/c14-8-3-1-7(2-4-8)13(18)19-9-5-10(15)12(17)11(16)6-9;8-6-3-1-5(2-4-6)7(9)10;7-4-1-3(10)2-5(8)6(4)9;2-1-3/h1-6H;1-4H,(H,9,10);1-2,10H;1H2. The van der Waals surface area contributed by atoms with Gasteiger partial charge in [-0.3, -0.25) is 0 Å². The van der Waals surface area contributed by atoms with Gasteiger partial charge in [0.15, 0.2) is 34.9 Å². The lowest BCUT2D eigenvalue weighted by molar-refractivity contribution is 0.0694. The molecule has 0 bridgehead atoms. The Morgan fingerprint density at radius 2 is 1.00 bits per heavy atom. The summed E-state index contributed by atoms with van der Waals surface area (Å²) in [6.07, 6.45) is 0. The molecular weight excluding hydrogens is 749 g/mol. The molecule has 0 saturated carbocycles. The first-order chi connectivity index (χ1) is 19.7. The smallest absolute Gasteiger partial charge is 0.343 e. The normalized spacial score (nSPS) is 9.67. The molecule has 0 aliphatic rings. The van der Waals surface area contributed by atoms with Gasteiger partial charge in [-0.2, -0.15) is 0 Å². The number of hydrogen-bond acceptors (Lipinski definition) is 4. The molecule has 0 atom stereocenters. The molecule has 0 aromatic heterocycles. The molecule has 5 nitrogen and oxygen atoms in total. The number of esters is 1. The Balaban J connectivity index is 0.000000325. The summed E-state index contributed by atoms with van der Waals surface area (Å²) >= 11 is 15.9. The maximum Gasteiger partial charge on any atom is 0.343 e.